The van der Waals surface area contributed by atoms with E-state index in [1.54, 1.807) is 36.4 Å². The molecular weight excluding hydrogens is 264 g/mol. The van der Waals surface area contributed by atoms with Gasteiger partial charge in [0.25, 0.3) is 0 Å². The van der Waals surface area contributed by atoms with E-state index in [0.717, 1.165) is 11.1 Å². The fourth-order valence-corrected chi connectivity index (χ4v) is 2.18. The van der Waals surface area contributed by atoms with Gasteiger partial charge in [-0.1, -0.05) is 24.3 Å². The van der Waals surface area contributed by atoms with Crippen molar-refractivity contribution >= 4 is 5.82 Å². The molecule has 1 aromatic heterocycles. The number of rotatable bonds is 2. The summed E-state index contributed by atoms with van der Waals surface area (Å²) in [4.78, 5) is 4.23. The Balaban J connectivity index is 2.10. The highest BCUT2D eigenvalue weighted by atomic mass is 16.3. The maximum atomic E-state index is 10.0. The van der Waals surface area contributed by atoms with Crippen LogP contribution in [0.15, 0.2) is 60.7 Å². The number of anilines is 1. The smallest absolute Gasteiger partial charge is 0.125 e. The van der Waals surface area contributed by atoms with Crippen LogP contribution in [0.4, 0.5) is 5.82 Å². The largest absolute Gasteiger partial charge is 0.508 e. The lowest BCUT2D eigenvalue weighted by Gasteiger charge is -2.08. The lowest BCUT2D eigenvalue weighted by molar-refractivity contribution is 0.475. The van der Waals surface area contributed by atoms with E-state index in [1.807, 2.05) is 24.3 Å². The number of phenolic OH excluding ortho intramolecular Hbond substituents is 2. The third kappa shape index (κ3) is 2.65. The van der Waals surface area contributed by atoms with Gasteiger partial charge >= 0.3 is 0 Å². The Morgan fingerprint density at radius 1 is 0.810 bits per heavy atom. The van der Waals surface area contributed by atoms with Crippen molar-refractivity contribution < 1.29 is 10.2 Å². The quantitative estimate of drug-likeness (QED) is 0.671. The van der Waals surface area contributed by atoms with E-state index in [4.69, 9.17) is 5.73 Å². The zero-order chi connectivity index (χ0) is 14.8. The van der Waals surface area contributed by atoms with Crippen molar-refractivity contribution in [3.63, 3.8) is 0 Å². The van der Waals surface area contributed by atoms with E-state index in [1.165, 1.54) is 0 Å². The Morgan fingerprint density at radius 2 is 1.52 bits per heavy atom. The lowest BCUT2D eigenvalue weighted by Crippen LogP contribution is -1.92. The summed E-state index contributed by atoms with van der Waals surface area (Å²) in [5.41, 5.74) is 8.79. The van der Waals surface area contributed by atoms with Gasteiger partial charge in [-0.15, -0.1) is 0 Å². The van der Waals surface area contributed by atoms with E-state index in [2.05, 4.69) is 4.98 Å². The molecule has 0 fully saturated rings. The van der Waals surface area contributed by atoms with E-state index >= 15 is 0 Å². The Kier molecular flexibility index (Phi) is 3.20. The minimum absolute atomic E-state index is 0.149. The minimum atomic E-state index is 0.149. The Bertz CT molecular complexity index is 783. The molecule has 3 aromatic rings. The van der Waals surface area contributed by atoms with Gasteiger partial charge in [-0.25, -0.2) is 4.98 Å². The monoisotopic (exact) mass is 278 g/mol. The first-order valence-electron chi connectivity index (χ1n) is 6.49. The van der Waals surface area contributed by atoms with Crippen LogP contribution in [-0.4, -0.2) is 15.2 Å². The summed E-state index contributed by atoms with van der Waals surface area (Å²) in [6.45, 7) is 0. The van der Waals surface area contributed by atoms with Crippen molar-refractivity contribution in [2.45, 2.75) is 0 Å². The second-order valence-electron chi connectivity index (χ2n) is 4.73. The number of hydrogen-bond acceptors (Lipinski definition) is 4. The van der Waals surface area contributed by atoms with Crippen molar-refractivity contribution in [2.24, 2.45) is 0 Å². The number of benzene rings is 2. The first-order valence-corrected chi connectivity index (χ1v) is 6.49. The summed E-state index contributed by atoms with van der Waals surface area (Å²) in [5.74, 6) is 0.771. The van der Waals surface area contributed by atoms with Crippen molar-refractivity contribution in [3.8, 4) is 33.9 Å². The van der Waals surface area contributed by atoms with Gasteiger partial charge < -0.3 is 15.9 Å². The first-order chi connectivity index (χ1) is 10.1. The molecule has 21 heavy (non-hydrogen) atoms. The van der Waals surface area contributed by atoms with Crippen molar-refractivity contribution in [3.05, 3.63) is 60.7 Å². The van der Waals surface area contributed by atoms with Gasteiger partial charge in [-0.2, -0.15) is 0 Å². The molecule has 4 N–H and O–H groups in total. The Morgan fingerprint density at radius 3 is 2.24 bits per heavy atom. The molecule has 0 spiro atoms. The molecule has 0 atom stereocenters. The maximum Gasteiger partial charge on any atom is 0.125 e. The highest BCUT2D eigenvalue weighted by Crippen LogP contribution is 2.33. The van der Waals surface area contributed by atoms with Crippen LogP contribution >= 0.6 is 0 Å². The predicted octanol–water partition coefficient (Wildman–Crippen LogP) is 3.41. The van der Waals surface area contributed by atoms with Crippen LogP contribution in [0.2, 0.25) is 0 Å². The number of aromatic hydroxyl groups is 2. The van der Waals surface area contributed by atoms with Crippen molar-refractivity contribution in [1.82, 2.24) is 4.98 Å². The minimum Gasteiger partial charge on any atom is -0.508 e. The standard InChI is InChI=1S/C17H14N2O2/c18-17-3-1-2-15(19-17)14-10-12(6-9-16(14)21)11-4-7-13(20)8-5-11/h1-10,20-21H,(H2,18,19). The fourth-order valence-electron chi connectivity index (χ4n) is 2.18. The normalized spacial score (nSPS) is 10.5. The van der Waals surface area contributed by atoms with E-state index in [-0.39, 0.29) is 11.5 Å². The number of aromatic nitrogens is 1. The average molecular weight is 278 g/mol. The van der Waals surface area contributed by atoms with Gasteiger partial charge in [-0.3, -0.25) is 0 Å². The number of phenols is 2. The Hall–Kier alpha value is -3.01. The molecule has 0 aliphatic heterocycles. The van der Waals surface area contributed by atoms with Gasteiger partial charge in [0.05, 0.1) is 5.69 Å². The summed E-state index contributed by atoms with van der Waals surface area (Å²) in [6.07, 6.45) is 0. The highest BCUT2D eigenvalue weighted by Gasteiger charge is 2.08. The summed E-state index contributed by atoms with van der Waals surface area (Å²) in [6, 6.07) is 17.5. The van der Waals surface area contributed by atoms with Crippen LogP contribution in [0.1, 0.15) is 0 Å². The third-order valence-electron chi connectivity index (χ3n) is 3.24. The van der Waals surface area contributed by atoms with Gasteiger partial charge in [0.1, 0.15) is 17.3 Å². The summed E-state index contributed by atoms with van der Waals surface area (Å²) in [7, 11) is 0. The molecule has 0 aliphatic rings. The van der Waals surface area contributed by atoms with Crippen LogP contribution in [0.3, 0.4) is 0 Å². The van der Waals surface area contributed by atoms with Gasteiger partial charge in [0.15, 0.2) is 0 Å². The molecule has 0 amide bonds. The van der Waals surface area contributed by atoms with Crippen molar-refractivity contribution in [1.29, 1.82) is 0 Å². The van der Waals surface area contributed by atoms with Gasteiger partial charge in [0, 0.05) is 5.56 Å². The van der Waals surface area contributed by atoms with E-state index < -0.39 is 0 Å². The number of nitrogens with two attached hydrogens (primary N) is 1. The molecule has 0 unspecified atom stereocenters. The number of nitrogens with zero attached hydrogens (tertiary/aromatic N) is 1. The van der Waals surface area contributed by atoms with E-state index in [9.17, 15) is 10.2 Å². The van der Waals surface area contributed by atoms with Gasteiger partial charge in [0.2, 0.25) is 0 Å². The SMILES string of the molecule is Nc1cccc(-c2cc(-c3ccc(O)cc3)ccc2O)n1. The van der Waals surface area contributed by atoms with Crippen LogP contribution < -0.4 is 5.73 Å². The van der Waals surface area contributed by atoms with Crippen LogP contribution in [0, 0.1) is 0 Å². The molecule has 0 saturated heterocycles. The summed E-state index contributed by atoms with van der Waals surface area (Å²) < 4.78 is 0. The van der Waals surface area contributed by atoms with E-state index in [0.29, 0.717) is 17.1 Å². The first kappa shape index (κ1) is 13.0. The predicted molar refractivity (Wildman–Crippen MR) is 82.9 cm³/mol. The number of hydrogen-bond donors (Lipinski definition) is 3. The topological polar surface area (TPSA) is 79.4 Å². The molecule has 1 heterocycles. The Labute approximate surface area is 122 Å². The zero-order valence-electron chi connectivity index (χ0n) is 11.2. The molecule has 0 aliphatic carbocycles. The molecular formula is C17H14N2O2. The molecule has 0 bridgehead atoms. The van der Waals surface area contributed by atoms with Crippen LogP contribution in [-0.2, 0) is 0 Å². The second kappa shape index (κ2) is 5.17. The maximum absolute atomic E-state index is 10.0. The molecule has 4 nitrogen and oxygen atoms in total. The van der Waals surface area contributed by atoms with Crippen LogP contribution in [0.25, 0.3) is 22.4 Å². The lowest BCUT2D eigenvalue weighted by atomic mass is 10.0. The molecule has 3 rings (SSSR count). The zero-order valence-corrected chi connectivity index (χ0v) is 11.2. The van der Waals surface area contributed by atoms with Crippen molar-refractivity contribution in [2.75, 3.05) is 5.73 Å². The fraction of sp³-hybridized carbons (Fsp3) is 0. The van der Waals surface area contributed by atoms with Crippen LogP contribution in [0.5, 0.6) is 11.5 Å². The molecule has 2 aromatic carbocycles. The number of nitrogen functional groups attached to an aromatic ring is 1. The molecule has 0 saturated carbocycles. The third-order valence-corrected chi connectivity index (χ3v) is 3.24. The highest BCUT2D eigenvalue weighted by molar-refractivity contribution is 5.76. The molecule has 104 valence electrons. The second-order valence-corrected chi connectivity index (χ2v) is 4.73. The average Bonchev–Trinajstić information content (AvgIpc) is 2.49. The molecule has 4 heteroatoms. The van der Waals surface area contributed by atoms with Gasteiger partial charge in [-0.05, 0) is 47.5 Å². The summed E-state index contributed by atoms with van der Waals surface area (Å²) in [5, 5.41) is 19.4. The summed E-state index contributed by atoms with van der Waals surface area (Å²) >= 11 is 0. The molecule has 0 radical (unpaired) electrons. The number of pyridine rings is 1.